The van der Waals surface area contributed by atoms with Crippen molar-refractivity contribution in [3.8, 4) is 0 Å². The van der Waals surface area contributed by atoms with Crippen LogP contribution < -0.4 is 4.90 Å². The van der Waals surface area contributed by atoms with E-state index in [1.807, 2.05) is 4.90 Å². The number of hydrogen-bond donors (Lipinski definition) is 0. The third kappa shape index (κ3) is 3.33. The zero-order valence-electron chi connectivity index (χ0n) is 16.5. The molecule has 7 nitrogen and oxygen atoms in total. The first-order chi connectivity index (χ1) is 13.5. The summed E-state index contributed by atoms with van der Waals surface area (Å²) in [6.45, 7) is 2.11. The second kappa shape index (κ2) is 7.83. The minimum atomic E-state index is -0.101. The first kappa shape index (κ1) is 19.4. The normalized spacial score (nSPS) is 20.4. The van der Waals surface area contributed by atoms with Crippen molar-refractivity contribution in [2.45, 2.75) is 38.6 Å². The molecular formula is C20H27N3O4S. The van der Waals surface area contributed by atoms with Crippen LogP contribution in [0.25, 0.3) is 0 Å². The number of anilines is 1. The average Bonchev–Trinajstić information content (AvgIpc) is 3.32. The van der Waals surface area contributed by atoms with Gasteiger partial charge in [-0.1, -0.05) is 12.8 Å². The Morgan fingerprint density at radius 2 is 1.96 bits per heavy atom. The SMILES string of the molecule is COCCN1C(=O)CN(C)C(=O)c2c1sc1c2CCN(C(=O)C2CCCC2)C1. The number of fused-ring (bicyclic) bond motifs is 3. The molecule has 0 aromatic carbocycles. The summed E-state index contributed by atoms with van der Waals surface area (Å²) in [4.78, 5) is 44.7. The van der Waals surface area contributed by atoms with Crippen LogP contribution in [-0.2, 0) is 27.3 Å². The summed E-state index contributed by atoms with van der Waals surface area (Å²) in [5.41, 5.74) is 1.67. The molecule has 2 aliphatic heterocycles. The number of ether oxygens (including phenoxy) is 1. The molecule has 4 rings (SSSR count). The molecule has 0 spiro atoms. The van der Waals surface area contributed by atoms with Crippen LogP contribution in [0.1, 0.15) is 46.5 Å². The fraction of sp³-hybridized carbons (Fsp3) is 0.650. The Balaban J connectivity index is 1.66. The van der Waals surface area contributed by atoms with Gasteiger partial charge >= 0.3 is 0 Å². The third-order valence-electron chi connectivity index (χ3n) is 6.05. The summed E-state index contributed by atoms with van der Waals surface area (Å²) in [5, 5.41) is 0.719. The molecule has 1 aromatic heterocycles. The van der Waals surface area contributed by atoms with Crippen molar-refractivity contribution in [1.82, 2.24) is 9.80 Å². The van der Waals surface area contributed by atoms with Gasteiger partial charge in [0.25, 0.3) is 5.91 Å². The lowest BCUT2D eigenvalue weighted by atomic mass is 9.99. The van der Waals surface area contributed by atoms with Crippen LogP contribution in [-0.4, -0.2) is 67.9 Å². The Hall–Kier alpha value is -1.93. The van der Waals surface area contributed by atoms with Gasteiger partial charge in [0.2, 0.25) is 11.8 Å². The summed E-state index contributed by atoms with van der Waals surface area (Å²) in [5.74, 6) is 0.217. The lowest BCUT2D eigenvalue weighted by Crippen LogP contribution is -2.40. The zero-order chi connectivity index (χ0) is 19.8. The quantitative estimate of drug-likeness (QED) is 0.767. The van der Waals surface area contributed by atoms with Gasteiger partial charge in [0.1, 0.15) is 11.5 Å². The minimum absolute atomic E-state index is 0.0744. The van der Waals surface area contributed by atoms with Crippen LogP contribution in [0.4, 0.5) is 5.00 Å². The lowest BCUT2D eigenvalue weighted by molar-refractivity contribution is -0.136. The van der Waals surface area contributed by atoms with Gasteiger partial charge in [-0.25, -0.2) is 0 Å². The van der Waals surface area contributed by atoms with E-state index in [1.165, 1.54) is 16.2 Å². The predicted octanol–water partition coefficient (Wildman–Crippen LogP) is 1.89. The van der Waals surface area contributed by atoms with Crippen LogP contribution >= 0.6 is 11.3 Å². The molecule has 0 atom stereocenters. The molecule has 3 aliphatic rings. The average molecular weight is 406 g/mol. The minimum Gasteiger partial charge on any atom is -0.383 e. The molecule has 0 saturated heterocycles. The van der Waals surface area contributed by atoms with E-state index < -0.39 is 0 Å². The molecule has 1 saturated carbocycles. The van der Waals surface area contributed by atoms with Gasteiger partial charge in [0, 0.05) is 31.5 Å². The Bertz CT molecular complexity index is 800. The van der Waals surface area contributed by atoms with Crippen molar-refractivity contribution in [2.75, 3.05) is 45.3 Å². The van der Waals surface area contributed by atoms with Gasteiger partial charge in [-0.2, -0.15) is 0 Å². The smallest absolute Gasteiger partial charge is 0.257 e. The standard InChI is InChI=1S/C20H27N3O4S/c1-21-12-16(24)23(9-10-27-2)20-17(19(21)26)14-7-8-22(11-15(14)28-20)18(25)13-5-3-4-6-13/h13H,3-12H2,1-2H3. The van der Waals surface area contributed by atoms with E-state index in [9.17, 15) is 14.4 Å². The van der Waals surface area contributed by atoms with E-state index in [0.29, 0.717) is 38.2 Å². The number of likely N-dealkylation sites (N-methyl/N-ethyl adjacent to an activating group) is 1. The molecule has 1 aromatic rings. The maximum absolute atomic E-state index is 13.0. The van der Waals surface area contributed by atoms with E-state index in [2.05, 4.69) is 0 Å². The summed E-state index contributed by atoms with van der Waals surface area (Å²) in [7, 11) is 3.28. The number of carbonyl (C=O) groups is 3. The van der Waals surface area contributed by atoms with E-state index >= 15 is 0 Å². The van der Waals surface area contributed by atoms with E-state index in [4.69, 9.17) is 4.74 Å². The van der Waals surface area contributed by atoms with Crippen LogP contribution in [0, 0.1) is 5.92 Å². The molecule has 1 aliphatic carbocycles. The van der Waals surface area contributed by atoms with Gasteiger partial charge in [0.05, 0.1) is 25.3 Å². The topological polar surface area (TPSA) is 70.2 Å². The van der Waals surface area contributed by atoms with E-state index in [-0.39, 0.29) is 30.2 Å². The maximum atomic E-state index is 13.0. The molecule has 3 heterocycles. The van der Waals surface area contributed by atoms with Gasteiger partial charge < -0.3 is 14.5 Å². The maximum Gasteiger partial charge on any atom is 0.257 e. The van der Waals surface area contributed by atoms with Gasteiger partial charge in [-0.15, -0.1) is 11.3 Å². The number of rotatable bonds is 4. The fourth-order valence-corrected chi connectivity index (χ4v) is 5.89. The fourth-order valence-electron chi connectivity index (χ4n) is 4.49. The molecule has 8 heteroatoms. The number of methoxy groups -OCH3 is 1. The van der Waals surface area contributed by atoms with Crippen LogP contribution in [0.5, 0.6) is 0 Å². The molecule has 3 amide bonds. The first-order valence-corrected chi connectivity index (χ1v) is 10.8. The molecule has 0 N–H and O–H groups in total. The van der Waals surface area contributed by atoms with Gasteiger partial charge in [-0.3, -0.25) is 19.3 Å². The van der Waals surface area contributed by atoms with Crippen molar-refractivity contribution in [1.29, 1.82) is 0 Å². The van der Waals surface area contributed by atoms with Crippen LogP contribution in [0.2, 0.25) is 0 Å². The number of carbonyl (C=O) groups excluding carboxylic acids is 3. The molecule has 28 heavy (non-hydrogen) atoms. The highest BCUT2D eigenvalue weighted by atomic mass is 32.1. The van der Waals surface area contributed by atoms with E-state index in [1.54, 1.807) is 19.1 Å². The van der Waals surface area contributed by atoms with E-state index in [0.717, 1.165) is 41.1 Å². The number of amides is 3. The second-order valence-electron chi connectivity index (χ2n) is 7.87. The third-order valence-corrected chi connectivity index (χ3v) is 7.29. The first-order valence-electron chi connectivity index (χ1n) is 9.99. The van der Waals surface area contributed by atoms with Crippen LogP contribution in [0.15, 0.2) is 0 Å². The molecule has 0 radical (unpaired) electrons. The van der Waals surface area contributed by atoms with Crippen LogP contribution in [0.3, 0.4) is 0 Å². The van der Waals surface area contributed by atoms with Gasteiger partial charge in [0.15, 0.2) is 0 Å². The predicted molar refractivity (Wildman–Crippen MR) is 107 cm³/mol. The monoisotopic (exact) mass is 405 g/mol. The number of hydrogen-bond acceptors (Lipinski definition) is 5. The second-order valence-corrected chi connectivity index (χ2v) is 8.96. The van der Waals surface area contributed by atoms with Crippen molar-refractivity contribution < 1.29 is 19.1 Å². The lowest BCUT2D eigenvalue weighted by Gasteiger charge is -2.29. The number of nitrogens with zero attached hydrogens (tertiary/aromatic N) is 3. The Kier molecular flexibility index (Phi) is 5.42. The molecule has 152 valence electrons. The Morgan fingerprint density at radius 1 is 1.21 bits per heavy atom. The molecular weight excluding hydrogens is 378 g/mol. The molecule has 1 fully saturated rings. The summed E-state index contributed by atoms with van der Waals surface area (Å²) >= 11 is 1.49. The molecule has 0 unspecified atom stereocenters. The molecule has 0 bridgehead atoms. The number of thiophene rings is 1. The van der Waals surface area contributed by atoms with Crippen molar-refractivity contribution in [3.05, 3.63) is 16.0 Å². The highest BCUT2D eigenvalue weighted by Crippen LogP contribution is 2.41. The van der Waals surface area contributed by atoms with Crippen molar-refractivity contribution in [2.24, 2.45) is 5.92 Å². The summed E-state index contributed by atoms with van der Waals surface area (Å²) < 4.78 is 5.17. The Morgan fingerprint density at radius 3 is 2.68 bits per heavy atom. The highest BCUT2D eigenvalue weighted by molar-refractivity contribution is 7.17. The Labute approximate surface area is 169 Å². The van der Waals surface area contributed by atoms with Crippen molar-refractivity contribution >= 4 is 34.1 Å². The van der Waals surface area contributed by atoms with Crippen molar-refractivity contribution in [3.63, 3.8) is 0 Å². The summed E-state index contributed by atoms with van der Waals surface area (Å²) in [6.07, 6.45) is 4.93. The largest absolute Gasteiger partial charge is 0.383 e. The van der Waals surface area contributed by atoms with Gasteiger partial charge in [-0.05, 0) is 24.8 Å². The summed E-state index contributed by atoms with van der Waals surface area (Å²) in [6, 6.07) is 0. The highest BCUT2D eigenvalue weighted by Gasteiger charge is 2.38. The zero-order valence-corrected chi connectivity index (χ0v) is 17.3.